The van der Waals surface area contributed by atoms with E-state index >= 15 is 0 Å². The number of nitrogens with one attached hydrogen (secondary N) is 1. The van der Waals surface area contributed by atoms with Crippen LogP contribution in [0, 0.1) is 0 Å². The van der Waals surface area contributed by atoms with Gasteiger partial charge >= 0.3 is 0 Å². The number of benzene rings is 2. The lowest BCUT2D eigenvalue weighted by atomic mass is 9.92. The van der Waals surface area contributed by atoms with Crippen LogP contribution in [0.2, 0.25) is 0 Å². The van der Waals surface area contributed by atoms with Gasteiger partial charge in [-0.3, -0.25) is 0 Å². The molecule has 0 aliphatic carbocycles. The van der Waals surface area contributed by atoms with Gasteiger partial charge in [0.25, 0.3) is 0 Å². The molecule has 0 aliphatic rings. The molecule has 0 saturated carbocycles. The van der Waals surface area contributed by atoms with E-state index in [1.807, 2.05) is 22.9 Å². The van der Waals surface area contributed by atoms with Gasteiger partial charge in [-0.05, 0) is 24.3 Å². The van der Waals surface area contributed by atoms with E-state index in [9.17, 15) is 0 Å². The van der Waals surface area contributed by atoms with Crippen molar-refractivity contribution in [3.8, 4) is 16.9 Å². The van der Waals surface area contributed by atoms with Crippen molar-refractivity contribution in [2.24, 2.45) is 0 Å². The van der Waals surface area contributed by atoms with Gasteiger partial charge in [0.2, 0.25) is 0 Å². The maximum Gasteiger partial charge on any atom is 0.0944 e. The molecule has 2 aromatic carbocycles. The first kappa shape index (κ1) is 14.7. The molecule has 0 amide bonds. The normalized spacial score (nSPS) is 12.0. The van der Waals surface area contributed by atoms with E-state index in [1.54, 1.807) is 6.20 Å². The highest BCUT2D eigenvalue weighted by Crippen LogP contribution is 2.28. The fraction of sp³-hybridized carbons (Fsp3) is 0.200. The van der Waals surface area contributed by atoms with E-state index in [2.05, 4.69) is 72.5 Å². The van der Waals surface area contributed by atoms with E-state index in [4.69, 9.17) is 0 Å². The Labute approximate surface area is 141 Å². The highest BCUT2D eigenvalue weighted by molar-refractivity contribution is 5.83. The van der Waals surface area contributed by atoms with Crippen LogP contribution in [-0.2, 0) is 5.41 Å². The van der Waals surface area contributed by atoms with Crippen molar-refractivity contribution in [1.29, 1.82) is 0 Å². The van der Waals surface area contributed by atoms with E-state index < -0.39 is 0 Å². The van der Waals surface area contributed by atoms with Gasteiger partial charge in [-0.25, -0.2) is 4.68 Å². The molecule has 0 bridgehead atoms. The number of aromatic nitrogens is 4. The SMILES string of the molecule is CC(C)(C)c1cc2cc(-n3nncc3-c3ccccc3)ccc2[nH]1. The first-order valence-corrected chi connectivity index (χ1v) is 8.12. The van der Waals surface area contributed by atoms with Crippen molar-refractivity contribution < 1.29 is 0 Å². The molecule has 0 fully saturated rings. The summed E-state index contributed by atoms with van der Waals surface area (Å²) >= 11 is 0. The molecular weight excluding hydrogens is 296 g/mol. The van der Waals surface area contributed by atoms with E-state index in [-0.39, 0.29) is 5.41 Å². The van der Waals surface area contributed by atoms with E-state index in [0.29, 0.717) is 0 Å². The van der Waals surface area contributed by atoms with Crippen LogP contribution in [0.25, 0.3) is 27.8 Å². The van der Waals surface area contributed by atoms with E-state index in [0.717, 1.165) is 22.5 Å². The van der Waals surface area contributed by atoms with Gasteiger partial charge < -0.3 is 4.98 Å². The highest BCUT2D eigenvalue weighted by Gasteiger charge is 2.17. The topological polar surface area (TPSA) is 46.5 Å². The summed E-state index contributed by atoms with van der Waals surface area (Å²) in [6.07, 6.45) is 1.80. The lowest BCUT2D eigenvalue weighted by Crippen LogP contribution is -2.10. The lowest BCUT2D eigenvalue weighted by Gasteiger charge is -2.15. The van der Waals surface area contributed by atoms with Crippen molar-refractivity contribution >= 4 is 10.9 Å². The minimum Gasteiger partial charge on any atom is -0.358 e. The maximum atomic E-state index is 4.28. The average Bonchev–Trinajstić information content (AvgIpc) is 3.21. The third-order valence-electron chi connectivity index (χ3n) is 4.28. The van der Waals surface area contributed by atoms with Crippen molar-refractivity contribution in [2.75, 3.05) is 0 Å². The van der Waals surface area contributed by atoms with Crippen LogP contribution >= 0.6 is 0 Å². The summed E-state index contributed by atoms with van der Waals surface area (Å²) in [5.41, 5.74) is 5.58. The fourth-order valence-electron chi connectivity index (χ4n) is 2.89. The molecule has 0 saturated heterocycles. The van der Waals surface area contributed by atoms with Gasteiger partial charge in [-0.15, -0.1) is 5.10 Å². The van der Waals surface area contributed by atoms with Gasteiger partial charge in [-0.1, -0.05) is 56.3 Å². The predicted octanol–water partition coefficient (Wildman–Crippen LogP) is 4.71. The molecule has 2 heterocycles. The Morgan fingerprint density at radius 3 is 2.50 bits per heavy atom. The maximum absolute atomic E-state index is 4.28. The summed E-state index contributed by atoms with van der Waals surface area (Å²) in [5.74, 6) is 0. The molecule has 0 radical (unpaired) electrons. The predicted molar refractivity (Wildman–Crippen MR) is 97.4 cm³/mol. The summed E-state index contributed by atoms with van der Waals surface area (Å²) in [6.45, 7) is 6.64. The number of hydrogen-bond donors (Lipinski definition) is 1. The Hall–Kier alpha value is -2.88. The van der Waals surface area contributed by atoms with Crippen LogP contribution in [0.15, 0.2) is 60.8 Å². The summed E-state index contributed by atoms with van der Waals surface area (Å²) in [6, 6.07) is 18.8. The molecule has 0 atom stereocenters. The van der Waals surface area contributed by atoms with Crippen LogP contribution in [0.1, 0.15) is 26.5 Å². The largest absolute Gasteiger partial charge is 0.358 e. The van der Waals surface area contributed by atoms with Crippen molar-refractivity contribution in [3.63, 3.8) is 0 Å². The summed E-state index contributed by atoms with van der Waals surface area (Å²) < 4.78 is 1.89. The summed E-state index contributed by atoms with van der Waals surface area (Å²) in [4.78, 5) is 3.51. The second-order valence-electron chi connectivity index (χ2n) is 7.10. The van der Waals surface area contributed by atoms with Gasteiger partial charge in [-0.2, -0.15) is 0 Å². The standard InChI is InChI=1S/C20H20N4/c1-20(2,3)19-12-15-11-16(9-10-17(15)22-19)24-18(13-21-23-24)14-7-5-4-6-8-14/h4-13,22H,1-3H3. The molecule has 4 rings (SSSR count). The van der Waals surface area contributed by atoms with Gasteiger partial charge in [0.1, 0.15) is 0 Å². The third-order valence-corrected chi connectivity index (χ3v) is 4.28. The van der Waals surface area contributed by atoms with E-state index in [1.165, 1.54) is 11.1 Å². The molecule has 2 aromatic heterocycles. The zero-order valence-electron chi connectivity index (χ0n) is 14.1. The number of hydrogen-bond acceptors (Lipinski definition) is 2. The van der Waals surface area contributed by atoms with Gasteiger partial charge in [0, 0.05) is 27.6 Å². The number of rotatable bonds is 2. The van der Waals surface area contributed by atoms with Crippen molar-refractivity contribution in [1.82, 2.24) is 20.0 Å². The third kappa shape index (κ3) is 2.50. The zero-order chi connectivity index (χ0) is 16.7. The Bertz CT molecular complexity index is 987. The Morgan fingerprint density at radius 2 is 1.75 bits per heavy atom. The molecule has 1 N–H and O–H groups in total. The highest BCUT2D eigenvalue weighted by atomic mass is 15.4. The molecule has 0 unspecified atom stereocenters. The zero-order valence-corrected chi connectivity index (χ0v) is 14.1. The molecule has 0 aliphatic heterocycles. The minimum absolute atomic E-state index is 0.0988. The first-order valence-electron chi connectivity index (χ1n) is 8.12. The number of nitrogens with zero attached hydrogens (tertiary/aromatic N) is 3. The first-order chi connectivity index (χ1) is 11.5. The molecule has 120 valence electrons. The van der Waals surface area contributed by atoms with Gasteiger partial charge in [0.05, 0.1) is 17.6 Å². The molecular formula is C20H20N4. The number of H-pyrrole nitrogens is 1. The summed E-state index contributed by atoms with van der Waals surface area (Å²) in [7, 11) is 0. The average molecular weight is 316 g/mol. The second-order valence-corrected chi connectivity index (χ2v) is 7.10. The Morgan fingerprint density at radius 1 is 0.958 bits per heavy atom. The Balaban J connectivity index is 1.82. The monoisotopic (exact) mass is 316 g/mol. The molecule has 24 heavy (non-hydrogen) atoms. The van der Waals surface area contributed by atoms with Crippen molar-refractivity contribution in [2.45, 2.75) is 26.2 Å². The van der Waals surface area contributed by atoms with Crippen LogP contribution in [0.4, 0.5) is 0 Å². The smallest absolute Gasteiger partial charge is 0.0944 e. The van der Waals surface area contributed by atoms with Crippen LogP contribution in [0.5, 0.6) is 0 Å². The van der Waals surface area contributed by atoms with Gasteiger partial charge in [0.15, 0.2) is 0 Å². The molecule has 4 nitrogen and oxygen atoms in total. The van der Waals surface area contributed by atoms with Crippen LogP contribution in [-0.4, -0.2) is 20.0 Å². The molecule has 0 spiro atoms. The van der Waals surface area contributed by atoms with Crippen LogP contribution in [0.3, 0.4) is 0 Å². The summed E-state index contributed by atoms with van der Waals surface area (Å²) in [5, 5.41) is 9.57. The molecule has 4 aromatic rings. The Kier molecular flexibility index (Phi) is 3.27. The number of aromatic amines is 1. The number of fused-ring (bicyclic) bond motifs is 1. The lowest BCUT2D eigenvalue weighted by molar-refractivity contribution is 0.574. The van der Waals surface area contributed by atoms with Crippen LogP contribution < -0.4 is 0 Å². The second kappa shape index (κ2) is 5.34. The van der Waals surface area contributed by atoms with Crippen molar-refractivity contribution in [3.05, 3.63) is 66.5 Å². The molecule has 4 heteroatoms. The fourth-order valence-corrected chi connectivity index (χ4v) is 2.89. The quantitative estimate of drug-likeness (QED) is 0.582. The minimum atomic E-state index is 0.0988.